The Labute approximate surface area is 128 Å². The zero-order chi connectivity index (χ0) is 15.9. The molecule has 22 heavy (non-hydrogen) atoms. The monoisotopic (exact) mass is 305 g/mol. The van der Waals surface area contributed by atoms with Crippen LogP contribution in [0.1, 0.15) is 32.6 Å². The Kier molecular flexibility index (Phi) is 3.54. The first-order valence-corrected chi connectivity index (χ1v) is 7.60. The number of esters is 1. The first-order chi connectivity index (χ1) is 10.5. The lowest BCUT2D eigenvalue weighted by atomic mass is 9.71. The van der Waals surface area contributed by atoms with Crippen LogP contribution < -0.4 is 0 Å². The highest BCUT2D eigenvalue weighted by atomic mass is 16.5. The Morgan fingerprint density at radius 1 is 1.50 bits per heavy atom. The molecule has 0 radical (unpaired) electrons. The van der Waals surface area contributed by atoms with Crippen LogP contribution in [0.15, 0.2) is 23.4 Å². The first kappa shape index (κ1) is 14.8. The average molecular weight is 305 g/mol. The number of carbonyl (C=O) groups is 3. The molecule has 118 valence electrons. The Bertz CT molecular complexity index is 606. The van der Waals surface area contributed by atoms with Gasteiger partial charge in [0, 0.05) is 12.2 Å². The zero-order valence-electron chi connectivity index (χ0n) is 12.5. The van der Waals surface area contributed by atoms with Gasteiger partial charge in [0.05, 0.1) is 18.9 Å². The Hall–Kier alpha value is -2.11. The number of allylic oxidation sites excluding steroid dienone is 2. The molecule has 3 rings (SSSR count). The maximum Gasteiger partial charge on any atom is 0.318 e. The summed E-state index contributed by atoms with van der Waals surface area (Å²) in [7, 11) is 0. The van der Waals surface area contributed by atoms with E-state index < -0.39 is 17.3 Å². The molecule has 1 saturated heterocycles. The van der Waals surface area contributed by atoms with Gasteiger partial charge in [0.1, 0.15) is 5.41 Å². The lowest BCUT2D eigenvalue weighted by Gasteiger charge is -2.44. The fraction of sp³-hybridized carbons (Fsp3) is 0.562. The molecule has 3 aliphatic rings. The molecular weight excluding hydrogens is 286 g/mol. The Balaban J connectivity index is 2.04. The van der Waals surface area contributed by atoms with Crippen LogP contribution in [0.2, 0.25) is 0 Å². The van der Waals surface area contributed by atoms with Crippen molar-refractivity contribution in [3.05, 3.63) is 23.4 Å². The second-order valence-electron chi connectivity index (χ2n) is 6.03. The summed E-state index contributed by atoms with van der Waals surface area (Å²) in [6, 6.07) is 0. The van der Waals surface area contributed by atoms with Crippen molar-refractivity contribution < 1.29 is 24.2 Å². The smallest absolute Gasteiger partial charge is 0.318 e. The summed E-state index contributed by atoms with van der Waals surface area (Å²) < 4.78 is 5.26. The molecule has 0 aromatic carbocycles. The third-order valence-electron chi connectivity index (χ3n) is 4.75. The van der Waals surface area contributed by atoms with Crippen molar-refractivity contribution >= 4 is 17.8 Å². The SMILES string of the molecule is CCOC(=O)[C@]12CCC3=C1N(CC=C3)C(=O)[C@@H](CC(=O)O)C2. The van der Waals surface area contributed by atoms with Gasteiger partial charge in [0.15, 0.2) is 0 Å². The molecule has 0 bridgehead atoms. The van der Waals surface area contributed by atoms with Crippen molar-refractivity contribution in [3.63, 3.8) is 0 Å². The van der Waals surface area contributed by atoms with E-state index in [-0.39, 0.29) is 31.3 Å². The van der Waals surface area contributed by atoms with Crippen LogP contribution in [0.4, 0.5) is 0 Å². The highest BCUT2D eigenvalue weighted by Crippen LogP contribution is 2.54. The molecule has 1 N–H and O–H groups in total. The largest absolute Gasteiger partial charge is 0.481 e. The highest BCUT2D eigenvalue weighted by molar-refractivity contribution is 5.92. The highest BCUT2D eigenvalue weighted by Gasteiger charge is 2.57. The molecule has 1 fully saturated rings. The zero-order valence-corrected chi connectivity index (χ0v) is 12.5. The van der Waals surface area contributed by atoms with Gasteiger partial charge in [-0.3, -0.25) is 14.4 Å². The van der Waals surface area contributed by atoms with Crippen molar-refractivity contribution in [1.29, 1.82) is 0 Å². The van der Waals surface area contributed by atoms with Crippen LogP contribution in [-0.4, -0.2) is 41.0 Å². The van der Waals surface area contributed by atoms with E-state index in [1.54, 1.807) is 11.8 Å². The van der Waals surface area contributed by atoms with Crippen molar-refractivity contribution in [1.82, 2.24) is 4.90 Å². The van der Waals surface area contributed by atoms with Gasteiger partial charge in [-0.2, -0.15) is 0 Å². The van der Waals surface area contributed by atoms with Crippen molar-refractivity contribution in [2.24, 2.45) is 11.3 Å². The fourth-order valence-electron chi connectivity index (χ4n) is 3.93. The molecule has 0 saturated carbocycles. The molecule has 2 aliphatic heterocycles. The van der Waals surface area contributed by atoms with E-state index in [1.165, 1.54) is 0 Å². The maximum atomic E-state index is 12.6. The number of carboxylic acid groups (broad SMARTS) is 1. The van der Waals surface area contributed by atoms with Gasteiger partial charge in [-0.05, 0) is 31.8 Å². The third kappa shape index (κ3) is 2.05. The minimum atomic E-state index is -1.02. The summed E-state index contributed by atoms with van der Waals surface area (Å²) in [6.45, 7) is 2.42. The molecule has 1 amide bonds. The molecule has 2 heterocycles. The third-order valence-corrected chi connectivity index (χ3v) is 4.75. The molecular formula is C16H19NO5. The molecule has 0 aromatic rings. The normalized spacial score (nSPS) is 29.6. The van der Waals surface area contributed by atoms with E-state index >= 15 is 0 Å². The number of aliphatic carboxylic acids is 1. The standard InChI is InChI=1S/C16H19NO5/c1-2-22-15(21)16-6-5-10-4-3-7-17(13(10)16)14(20)11(9-16)8-12(18)19/h3-4,11H,2,5-9H2,1H3,(H,18,19)/t11-,16-/m0/s1. The average Bonchev–Trinajstić information content (AvgIpc) is 2.85. The van der Waals surface area contributed by atoms with Crippen LogP contribution in [0.5, 0.6) is 0 Å². The van der Waals surface area contributed by atoms with E-state index in [2.05, 4.69) is 0 Å². The van der Waals surface area contributed by atoms with Gasteiger partial charge in [-0.15, -0.1) is 0 Å². The van der Waals surface area contributed by atoms with E-state index in [9.17, 15) is 14.4 Å². The molecule has 6 heteroatoms. The summed E-state index contributed by atoms with van der Waals surface area (Å²) in [4.78, 5) is 37.8. The van der Waals surface area contributed by atoms with Gasteiger partial charge < -0.3 is 14.7 Å². The van der Waals surface area contributed by atoms with Crippen LogP contribution in [0.25, 0.3) is 0 Å². The number of amides is 1. The molecule has 2 atom stereocenters. The fourth-order valence-corrected chi connectivity index (χ4v) is 3.93. The van der Waals surface area contributed by atoms with E-state index in [4.69, 9.17) is 9.84 Å². The number of carboxylic acids is 1. The number of ether oxygens (including phenoxy) is 1. The van der Waals surface area contributed by atoms with Crippen molar-refractivity contribution in [2.45, 2.75) is 32.6 Å². The summed E-state index contributed by atoms with van der Waals surface area (Å²) >= 11 is 0. The van der Waals surface area contributed by atoms with Crippen LogP contribution in [0, 0.1) is 11.3 Å². The van der Waals surface area contributed by atoms with E-state index in [0.29, 0.717) is 19.4 Å². The molecule has 0 aromatic heterocycles. The predicted octanol–water partition coefficient (Wildman–Crippen LogP) is 1.48. The number of hydrogen-bond acceptors (Lipinski definition) is 4. The number of carbonyl (C=O) groups excluding carboxylic acids is 2. The lowest BCUT2D eigenvalue weighted by molar-refractivity contribution is -0.161. The number of piperidine rings is 1. The molecule has 1 aliphatic carbocycles. The summed E-state index contributed by atoms with van der Waals surface area (Å²) in [6.07, 6.45) is 5.15. The minimum Gasteiger partial charge on any atom is -0.481 e. The Morgan fingerprint density at radius 3 is 2.95 bits per heavy atom. The maximum absolute atomic E-state index is 12.6. The van der Waals surface area contributed by atoms with E-state index in [1.807, 2.05) is 12.2 Å². The predicted molar refractivity (Wildman–Crippen MR) is 76.5 cm³/mol. The second-order valence-corrected chi connectivity index (χ2v) is 6.03. The number of nitrogens with zero attached hydrogens (tertiary/aromatic N) is 1. The van der Waals surface area contributed by atoms with Gasteiger partial charge in [0.25, 0.3) is 0 Å². The molecule has 0 unspecified atom stereocenters. The second kappa shape index (κ2) is 5.26. The number of hydrogen-bond donors (Lipinski definition) is 1. The number of rotatable bonds is 4. The van der Waals surface area contributed by atoms with Gasteiger partial charge in [-0.25, -0.2) is 0 Å². The quantitative estimate of drug-likeness (QED) is 0.795. The molecule has 6 nitrogen and oxygen atoms in total. The molecule has 0 spiro atoms. The van der Waals surface area contributed by atoms with Gasteiger partial charge in [0.2, 0.25) is 5.91 Å². The topological polar surface area (TPSA) is 83.9 Å². The summed E-state index contributed by atoms with van der Waals surface area (Å²) in [5.74, 6) is -2.21. The van der Waals surface area contributed by atoms with Gasteiger partial charge >= 0.3 is 11.9 Å². The Morgan fingerprint density at radius 2 is 2.27 bits per heavy atom. The first-order valence-electron chi connectivity index (χ1n) is 7.60. The minimum absolute atomic E-state index is 0.193. The van der Waals surface area contributed by atoms with Crippen molar-refractivity contribution in [2.75, 3.05) is 13.2 Å². The van der Waals surface area contributed by atoms with E-state index in [0.717, 1.165) is 11.3 Å². The van der Waals surface area contributed by atoms with Crippen LogP contribution in [0.3, 0.4) is 0 Å². The van der Waals surface area contributed by atoms with Crippen LogP contribution in [-0.2, 0) is 19.1 Å². The van der Waals surface area contributed by atoms with Crippen molar-refractivity contribution in [3.8, 4) is 0 Å². The van der Waals surface area contributed by atoms with Gasteiger partial charge in [-0.1, -0.05) is 12.2 Å². The summed E-state index contributed by atoms with van der Waals surface area (Å²) in [5.41, 5.74) is 0.894. The van der Waals surface area contributed by atoms with Crippen LogP contribution >= 0.6 is 0 Å². The lowest BCUT2D eigenvalue weighted by Crippen LogP contribution is -2.52. The summed E-state index contributed by atoms with van der Waals surface area (Å²) in [5, 5.41) is 9.06.